The molecule has 2 heteroatoms. The van der Waals surface area contributed by atoms with Crippen LogP contribution in [0.25, 0.3) is 0 Å². The molecular formula is C18H25NO. The predicted molar refractivity (Wildman–Crippen MR) is 84.0 cm³/mol. The maximum Gasteiger partial charge on any atom is 0.0935 e. The molecule has 0 aliphatic heterocycles. The van der Waals surface area contributed by atoms with Crippen molar-refractivity contribution in [2.75, 3.05) is 6.54 Å². The van der Waals surface area contributed by atoms with E-state index in [0.29, 0.717) is 6.04 Å². The van der Waals surface area contributed by atoms with E-state index >= 15 is 0 Å². The Balaban J connectivity index is 2.17. The Morgan fingerprint density at radius 1 is 1.10 bits per heavy atom. The Hall–Kier alpha value is -1.54. The standard InChI is InChI=1S/C18H25NO/c1-5-19-17(12-14-10-11-20-13-14)15-6-8-16(9-7-15)18(2,3)4/h6-11,13,17,19H,5,12H2,1-4H3. The highest BCUT2D eigenvalue weighted by atomic mass is 16.3. The molecule has 0 aliphatic rings. The third-order valence-corrected chi connectivity index (χ3v) is 3.65. The van der Waals surface area contributed by atoms with Gasteiger partial charge in [-0.05, 0) is 41.1 Å². The molecule has 1 heterocycles. The summed E-state index contributed by atoms with van der Waals surface area (Å²) in [5.41, 5.74) is 4.15. The van der Waals surface area contributed by atoms with Gasteiger partial charge in [-0.3, -0.25) is 0 Å². The van der Waals surface area contributed by atoms with Gasteiger partial charge in [0, 0.05) is 6.04 Å². The maximum absolute atomic E-state index is 5.17. The Morgan fingerprint density at radius 2 is 1.80 bits per heavy atom. The van der Waals surface area contributed by atoms with Crippen molar-refractivity contribution in [3.05, 3.63) is 59.5 Å². The van der Waals surface area contributed by atoms with Crippen molar-refractivity contribution in [3.8, 4) is 0 Å². The molecule has 1 N–H and O–H groups in total. The van der Waals surface area contributed by atoms with Crippen molar-refractivity contribution in [3.63, 3.8) is 0 Å². The van der Waals surface area contributed by atoms with Gasteiger partial charge in [-0.15, -0.1) is 0 Å². The van der Waals surface area contributed by atoms with Crippen LogP contribution in [0.15, 0.2) is 47.3 Å². The zero-order valence-electron chi connectivity index (χ0n) is 12.9. The molecule has 108 valence electrons. The number of furan rings is 1. The molecule has 0 fully saturated rings. The Kier molecular flexibility index (Phi) is 4.66. The minimum atomic E-state index is 0.205. The van der Waals surface area contributed by atoms with Crippen LogP contribution >= 0.6 is 0 Å². The Morgan fingerprint density at radius 3 is 2.30 bits per heavy atom. The third kappa shape index (κ3) is 3.73. The average Bonchev–Trinajstić information content (AvgIpc) is 2.90. The van der Waals surface area contributed by atoms with Gasteiger partial charge in [0.05, 0.1) is 12.5 Å². The van der Waals surface area contributed by atoms with E-state index in [0.717, 1.165) is 13.0 Å². The van der Waals surface area contributed by atoms with Crippen molar-refractivity contribution in [2.45, 2.75) is 45.6 Å². The van der Waals surface area contributed by atoms with Gasteiger partial charge in [-0.2, -0.15) is 0 Å². The van der Waals surface area contributed by atoms with Crippen LogP contribution in [0, 0.1) is 0 Å². The van der Waals surface area contributed by atoms with Crippen molar-refractivity contribution in [1.29, 1.82) is 0 Å². The predicted octanol–water partition coefficient (Wildman–Crippen LogP) is 4.47. The molecule has 0 aliphatic carbocycles. The highest BCUT2D eigenvalue weighted by Crippen LogP contribution is 2.25. The van der Waals surface area contributed by atoms with Crippen LogP contribution in [-0.2, 0) is 11.8 Å². The van der Waals surface area contributed by atoms with Crippen LogP contribution in [0.3, 0.4) is 0 Å². The Labute approximate surface area is 122 Å². The molecule has 0 amide bonds. The number of nitrogens with one attached hydrogen (secondary N) is 1. The summed E-state index contributed by atoms with van der Waals surface area (Å²) >= 11 is 0. The minimum Gasteiger partial charge on any atom is -0.472 e. The van der Waals surface area contributed by atoms with E-state index < -0.39 is 0 Å². The molecule has 2 nitrogen and oxygen atoms in total. The summed E-state index contributed by atoms with van der Waals surface area (Å²) in [6.45, 7) is 9.84. The van der Waals surface area contributed by atoms with E-state index in [2.05, 4.69) is 57.3 Å². The molecule has 1 aromatic carbocycles. The highest BCUT2D eigenvalue weighted by Gasteiger charge is 2.16. The molecule has 1 atom stereocenters. The summed E-state index contributed by atoms with van der Waals surface area (Å²) in [5.74, 6) is 0. The molecule has 2 aromatic rings. The minimum absolute atomic E-state index is 0.205. The van der Waals surface area contributed by atoms with Crippen LogP contribution in [0.2, 0.25) is 0 Å². The number of rotatable bonds is 5. The van der Waals surface area contributed by atoms with Gasteiger partial charge in [0.15, 0.2) is 0 Å². The number of benzene rings is 1. The molecule has 1 aromatic heterocycles. The molecule has 0 saturated heterocycles. The lowest BCUT2D eigenvalue weighted by Gasteiger charge is -2.22. The van der Waals surface area contributed by atoms with Gasteiger partial charge >= 0.3 is 0 Å². The number of likely N-dealkylation sites (N-methyl/N-ethyl adjacent to an activating group) is 1. The first-order valence-corrected chi connectivity index (χ1v) is 7.35. The highest BCUT2D eigenvalue weighted by molar-refractivity contribution is 5.30. The van der Waals surface area contributed by atoms with Gasteiger partial charge < -0.3 is 9.73 Å². The first-order chi connectivity index (χ1) is 9.50. The lowest BCUT2D eigenvalue weighted by molar-refractivity contribution is 0.533. The van der Waals surface area contributed by atoms with Crippen molar-refractivity contribution in [2.24, 2.45) is 0 Å². The second-order valence-electron chi connectivity index (χ2n) is 6.32. The largest absolute Gasteiger partial charge is 0.472 e. The molecule has 0 saturated carbocycles. The molecule has 0 radical (unpaired) electrons. The van der Waals surface area contributed by atoms with Crippen LogP contribution in [0.4, 0.5) is 0 Å². The monoisotopic (exact) mass is 271 g/mol. The van der Waals surface area contributed by atoms with E-state index in [1.165, 1.54) is 16.7 Å². The average molecular weight is 271 g/mol. The van der Waals surface area contributed by atoms with Gasteiger partial charge in [-0.1, -0.05) is 52.0 Å². The molecule has 20 heavy (non-hydrogen) atoms. The molecule has 0 bridgehead atoms. The van der Waals surface area contributed by atoms with Gasteiger partial charge in [0.2, 0.25) is 0 Å². The smallest absolute Gasteiger partial charge is 0.0935 e. The summed E-state index contributed by atoms with van der Waals surface area (Å²) in [6.07, 6.45) is 4.52. The van der Waals surface area contributed by atoms with Crippen molar-refractivity contribution in [1.82, 2.24) is 5.32 Å². The van der Waals surface area contributed by atoms with E-state index in [9.17, 15) is 0 Å². The first kappa shape index (κ1) is 14.9. The molecule has 2 rings (SSSR count). The van der Waals surface area contributed by atoms with Crippen molar-refractivity contribution >= 4 is 0 Å². The van der Waals surface area contributed by atoms with Crippen LogP contribution in [-0.4, -0.2) is 6.54 Å². The van der Waals surface area contributed by atoms with Gasteiger partial charge in [0.1, 0.15) is 0 Å². The zero-order valence-corrected chi connectivity index (χ0v) is 12.9. The number of hydrogen-bond donors (Lipinski definition) is 1. The van der Waals surface area contributed by atoms with Crippen LogP contribution in [0.5, 0.6) is 0 Å². The van der Waals surface area contributed by atoms with Crippen LogP contribution < -0.4 is 5.32 Å². The van der Waals surface area contributed by atoms with Gasteiger partial charge in [-0.25, -0.2) is 0 Å². The molecule has 1 unspecified atom stereocenters. The summed E-state index contributed by atoms with van der Waals surface area (Å²) in [7, 11) is 0. The summed E-state index contributed by atoms with van der Waals surface area (Å²) in [5, 5.41) is 3.55. The third-order valence-electron chi connectivity index (χ3n) is 3.65. The second kappa shape index (κ2) is 6.27. The van der Waals surface area contributed by atoms with Crippen molar-refractivity contribution < 1.29 is 4.42 Å². The van der Waals surface area contributed by atoms with E-state index in [-0.39, 0.29) is 5.41 Å². The van der Waals surface area contributed by atoms with Crippen LogP contribution in [0.1, 0.15) is 50.4 Å². The fourth-order valence-electron chi connectivity index (χ4n) is 2.41. The fraction of sp³-hybridized carbons (Fsp3) is 0.444. The van der Waals surface area contributed by atoms with E-state index in [4.69, 9.17) is 4.42 Å². The normalized spacial score (nSPS) is 13.4. The lowest BCUT2D eigenvalue weighted by atomic mass is 9.86. The fourth-order valence-corrected chi connectivity index (χ4v) is 2.41. The number of hydrogen-bond acceptors (Lipinski definition) is 2. The summed E-state index contributed by atoms with van der Waals surface area (Å²) in [4.78, 5) is 0. The lowest BCUT2D eigenvalue weighted by Crippen LogP contribution is -2.23. The molecular weight excluding hydrogens is 246 g/mol. The summed E-state index contributed by atoms with van der Waals surface area (Å²) < 4.78 is 5.17. The summed E-state index contributed by atoms with van der Waals surface area (Å²) in [6, 6.07) is 11.4. The van der Waals surface area contributed by atoms with E-state index in [1.54, 1.807) is 6.26 Å². The molecule has 0 spiro atoms. The van der Waals surface area contributed by atoms with E-state index in [1.807, 2.05) is 12.3 Å². The van der Waals surface area contributed by atoms with Gasteiger partial charge in [0.25, 0.3) is 0 Å². The Bertz CT molecular complexity index is 505. The SMILES string of the molecule is CCNC(Cc1ccoc1)c1ccc(C(C)(C)C)cc1. The second-order valence-corrected chi connectivity index (χ2v) is 6.32. The zero-order chi connectivity index (χ0) is 14.6. The topological polar surface area (TPSA) is 25.2 Å². The maximum atomic E-state index is 5.17. The quantitative estimate of drug-likeness (QED) is 0.868. The first-order valence-electron chi connectivity index (χ1n) is 7.35.